The van der Waals surface area contributed by atoms with Crippen LogP contribution >= 0.6 is 0 Å². The minimum absolute atomic E-state index is 0.763. The number of tetrazole rings is 1. The molecule has 0 saturated carbocycles. The summed E-state index contributed by atoms with van der Waals surface area (Å²) in [6.45, 7) is 1.07. The Morgan fingerprint density at radius 1 is 1.41 bits per heavy atom. The van der Waals surface area contributed by atoms with E-state index in [-0.39, 0.29) is 0 Å². The number of nitrogens with zero attached hydrogens (tertiary/aromatic N) is 4. The van der Waals surface area contributed by atoms with Crippen LogP contribution in [-0.4, -0.2) is 26.8 Å². The Hall–Kier alpha value is -1.91. The maximum atomic E-state index is 4.23. The third kappa shape index (κ3) is 2.00. The molecule has 1 aliphatic heterocycles. The predicted octanol–water partition coefficient (Wildman–Crippen LogP) is 1.16. The van der Waals surface area contributed by atoms with Gasteiger partial charge in [0, 0.05) is 18.7 Å². The lowest BCUT2D eigenvalue weighted by Crippen LogP contribution is -2.13. The van der Waals surface area contributed by atoms with E-state index in [2.05, 4.69) is 38.9 Å². The Morgan fingerprint density at radius 3 is 3.18 bits per heavy atom. The molecule has 0 atom stereocenters. The fraction of sp³-hybridized carbons (Fsp3) is 0.417. The Kier molecular flexibility index (Phi) is 2.51. The van der Waals surface area contributed by atoms with Crippen LogP contribution in [0.4, 0.5) is 5.69 Å². The normalized spacial score (nSPS) is 14.2. The molecule has 0 spiro atoms. The number of aromatic nitrogens is 4. The smallest absolute Gasteiger partial charge is 0.179 e. The second-order valence-corrected chi connectivity index (χ2v) is 4.35. The van der Waals surface area contributed by atoms with Gasteiger partial charge >= 0.3 is 0 Å². The summed E-state index contributed by atoms with van der Waals surface area (Å²) in [6.07, 6.45) is 3.09. The molecule has 3 rings (SSSR count). The minimum atomic E-state index is 0.763. The van der Waals surface area contributed by atoms with Crippen LogP contribution in [-0.2, 0) is 19.9 Å². The zero-order valence-corrected chi connectivity index (χ0v) is 9.85. The monoisotopic (exact) mass is 229 g/mol. The van der Waals surface area contributed by atoms with E-state index in [1.165, 1.54) is 28.0 Å². The van der Waals surface area contributed by atoms with Crippen LogP contribution in [0.2, 0.25) is 0 Å². The molecule has 0 saturated heterocycles. The van der Waals surface area contributed by atoms with E-state index in [4.69, 9.17) is 0 Å². The fourth-order valence-corrected chi connectivity index (χ4v) is 2.31. The van der Waals surface area contributed by atoms with Crippen LogP contribution in [0, 0.1) is 0 Å². The first-order valence-electron chi connectivity index (χ1n) is 5.90. The van der Waals surface area contributed by atoms with Crippen molar-refractivity contribution in [2.24, 2.45) is 7.05 Å². The number of fused-ring (bicyclic) bond motifs is 1. The lowest BCUT2D eigenvalue weighted by Gasteiger charge is -2.20. The van der Waals surface area contributed by atoms with Crippen molar-refractivity contribution in [3.63, 3.8) is 0 Å². The number of anilines is 1. The van der Waals surface area contributed by atoms with Crippen molar-refractivity contribution in [3.8, 4) is 0 Å². The molecule has 0 fully saturated rings. The van der Waals surface area contributed by atoms with Gasteiger partial charge in [-0.2, -0.15) is 4.80 Å². The molecule has 88 valence electrons. The predicted molar refractivity (Wildman–Crippen MR) is 64.9 cm³/mol. The fourth-order valence-electron chi connectivity index (χ4n) is 2.31. The van der Waals surface area contributed by atoms with Crippen LogP contribution in [0.25, 0.3) is 0 Å². The Morgan fingerprint density at radius 2 is 2.35 bits per heavy atom. The van der Waals surface area contributed by atoms with E-state index in [1.54, 1.807) is 7.05 Å². The van der Waals surface area contributed by atoms with E-state index in [9.17, 15) is 0 Å². The highest BCUT2D eigenvalue weighted by Crippen LogP contribution is 2.26. The molecular formula is C12H15N5. The highest BCUT2D eigenvalue weighted by atomic mass is 15.6. The number of hydrogen-bond acceptors (Lipinski definition) is 4. The first-order valence-corrected chi connectivity index (χ1v) is 5.90. The van der Waals surface area contributed by atoms with Crippen LogP contribution in [0.15, 0.2) is 18.2 Å². The summed E-state index contributed by atoms with van der Waals surface area (Å²) in [5.41, 5.74) is 3.98. The molecule has 0 aliphatic carbocycles. The molecule has 1 N–H and O–H groups in total. The van der Waals surface area contributed by atoms with Crippen molar-refractivity contribution in [2.75, 3.05) is 11.9 Å². The molecule has 0 radical (unpaired) electrons. The van der Waals surface area contributed by atoms with Gasteiger partial charge in [-0.25, -0.2) is 0 Å². The Labute approximate surface area is 99.8 Å². The zero-order chi connectivity index (χ0) is 11.7. The lowest BCUT2D eigenvalue weighted by atomic mass is 9.96. The van der Waals surface area contributed by atoms with Gasteiger partial charge in [0.1, 0.15) is 0 Å². The molecule has 1 aliphatic rings. The minimum Gasteiger partial charge on any atom is -0.385 e. The molecule has 5 nitrogen and oxygen atoms in total. The van der Waals surface area contributed by atoms with Gasteiger partial charge < -0.3 is 5.32 Å². The van der Waals surface area contributed by atoms with Crippen LogP contribution in [0.3, 0.4) is 0 Å². The first-order chi connectivity index (χ1) is 8.33. The first kappa shape index (κ1) is 10.3. The average Bonchev–Trinajstić information content (AvgIpc) is 2.75. The van der Waals surface area contributed by atoms with Crippen molar-refractivity contribution < 1.29 is 0 Å². The maximum Gasteiger partial charge on any atom is 0.179 e. The highest BCUT2D eigenvalue weighted by Gasteiger charge is 2.13. The standard InChI is InChI=1S/C12H15N5/c1-17-15-12(14-16-17)8-9-4-2-6-11-10(9)5-3-7-13-11/h2,4,6,13H,3,5,7-8H2,1H3. The van der Waals surface area contributed by atoms with Crippen molar-refractivity contribution in [3.05, 3.63) is 35.2 Å². The highest BCUT2D eigenvalue weighted by molar-refractivity contribution is 5.56. The molecule has 0 amide bonds. The largest absolute Gasteiger partial charge is 0.385 e. The van der Waals surface area contributed by atoms with Crippen LogP contribution in [0.5, 0.6) is 0 Å². The summed E-state index contributed by atoms with van der Waals surface area (Å²) in [4.78, 5) is 1.50. The zero-order valence-electron chi connectivity index (χ0n) is 9.85. The topological polar surface area (TPSA) is 55.6 Å². The quantitative estimate of drug-likeness (QED) is 0.839. The average molecular weight is 229 g/mol. The van der Waals surface area contributed by atoms with Crippen molar-refractivity contribution in [2.45, 2.75) is 19.3 Å². The Balaban J connectivity index is 1.92. The van der Waals surface area contributed by atoms with Gasteiger partial charge in [0.05, 0.1) is 7.05 Å². The molecule has 2 heterocycles. The van der Waals surface area contributed by atoms with Gasteiger partial charge in [-0.05, 0) is 35.2 Å². The summed E-state index contributed by atoms with van der Waals surface area (Å²) in [5, 5.41) is 15.6. The van der Waals surface area contributed by atoms with Crippen molar-refractivity contribution in [1.29, 1.82) is 0 Å². The Bertz CT molecular complexity index is 531. The summed E-state index contributed by atoms with van der Waals surface area (Å²) >= 11 is 0. The molecule has 5 heteroatoms. The number of hydrogen-bond donors (Lipinski definition) is 1. The second kappa shape index (κ2) is 4.16. The number of rotatable bonds is 2. The van der Waals surface area contributed by atoms with E-state index in [0.717, 1.165) is 25.2 Å². The van der Waals surface area contributed by atoms with Crippen LogP contribution in [0.1, 0.15) is 23.4 Å². The third-order valence-electron chi connectivity index (χ3n) is 3.09. The van der Waals surface area contributed by atoms with E-state index in [0.29, 0.717) is 0 Å². The number of benzene rings is 1. The number of nitrogens with one attached hydrogen (secondary N) is 1. The van der Waals surface area contributed by atoms with E-state index >= 15 is 0 Å². The van der Waals surface area contributed by atoms with Crippen molar-refractivity contribution in [1.82, 2.24) is 20.2 Å². The SMILES string of the molecule is Cn1nnc(Cc2cccc3c2CCCN3)n1. The van der Waals surface area contributed by atoms with Gasteiger partial charge in [0.15, 0.2) is 5.82 Å². The summed E-state index contributed by atoms with van der Waals surface area (Å²) in [5.74, 6) is 0.784. The van der Waals surface area contributed by atoms with Gasteiger partial charge in [-0.3, -0.25) is 0 Å². The molecule has 0 unspecified atom stereocenters. The summed E-state index contributed by atoms with van der Waals surface area (Å²) < 4.78 is 0. The summed E-state index contributed by atoms with van der Waals surface area (Å²) in [7, 11) is 1.79. The molecule has 0 bridgehead atoms. The van der Waals surface area contributed by atoms with Gasteiger partial charge in [-0.15, -0.1) is 10.2 Å². The van der Waals surface area contributed by atoms with Gasteiger partial charge in [-0.1, -0.05) is 12.1 Å². The molecule has 2 aromatic rings. The molecule has 17 heavy (non-hydrogen) atoms. The number of aryl methyl sites for hydroxylation is 1. The van der Waals surface area contributed by atoms with Gasteiger partial charge in [0.25, 0.3) is 0 Å². The van der Waals surface area contributed by atoms with Crippen molar-refractivity contribution >= 4 is 5.69 Å². The van der Waals surface area contributed by atoms with E-state index < -0.39 is 0 Å². The van der Waals surface area contributed by atoms with E-state index in [1.807, 2.05) is 0 Å². The molecular weight excluding hydrogens is 214 g/mol. The van der Waals surface area contributed by atoms with Crippen LogP contribution < -0.4 is 5.32 Å². The third-order valence-corrected chi connectivity index (χ3v) is 3.09. The maximum absolute atomic E-state index is 4.23. The summed E-state index contributed by atoms with van der Waals surface area (Å²) in [6, 6.07) is 6.38. The lowest BCUT2D eigenvalue weighted by molar-refractivity contribution is 0.628. The molecule has 1 aromatic heterocycles. The second-order valence-electron chi connectivity index (χ2n) is 4.35. The molecule has 1 aromatic carbocycles. The van der Waals surface area contributed by atoms with Gasteiger partial charge in [0.2, 0.25) is 0 Å².